The van der Waals surface area contributed by atoms with E-state index in [0.717, 1.165) is 24.2 Å². The Morgan fingerprint density at radius 2 is 2.10 bits per heavy atom. The maximum atomic E-state index is 11.9. The molecule has 4 amide bonds. The zero-order valence-corrected chi connectivity index (χ0v) is 12.4. The highest BCUT2D eigenvalue weighted by Crippen LogP contribution is 2.24. The highest BCUT2D eigenvalue weighted by Gasteiger charge is 2.44. The van der Waals surface area contributed by atoms with Crippen molar-refractivity contribution in [1.29, 1.82) is 0 Å². The van der Waals surface area contributed by atoms with Crippen LogP contribution in [0.25, 0.3) is 0 Å². The molecule has 1 aliphatic heterocycles. The molecular formula is C14H23N3O3. The summed E-state index contributed by atoms with van der Waals surface area (Å²) in [5, 5.41) is 5.58. The molecule has 2 aliphatic rings. The average molecular weight is 281 g/mol. The highest BCUT2D eigenvalue weighted by molar-refractivity contribution is 6.06. The van der Waals surface area contributed by atoms with Crippen molar-refractivity contribution in [3.63, 3.8) is 0 Å². The van der Waals surface area contributed by atoms with Crippen LogP contribution in [0.3, 0.4) is 0 Å². The van der Waals surface area contributed by atoms with E-state index >= 15 is 0 Å². The Morgan fingerprint density at radius 3 is 2.60 bits per heavy atom. The molecule has 2 rings (SSSR count). The lowest BCUT2D eigenvalue weighted by molar-refractivity contribution is -0.130. The van der Waals surface area contributed by atoms with Crippen molar-refractivity contribution in [3.05, 3.63) is 0 Å². The summed E-state index contributed by atoms with van der Waals surface area (Å²) in [5.41, 5.74) is -0.867. The molecule has 0 radical (unpaired) electrons. The maximum Gasteiger partial charge on any atom is 0.325 e. The minimum atomic E-state index is -0.867. The molecular weight excluding hydrogens is 258 g/mol. The monoisotopic (exact) mass is 281 g/mol. The number of hydrogen-bond donors (Lipinski definition) is 2. The van der Waals surface area contributed by atoms with E-state index in [-0.39, 0.29) is 30.8 Å². The molecule has 1 heterocycles. The summed E-state index contributed by atoms with van der Waals surface area (Å²) in [6.07, 6.45) is 3.34. The summed E-state index contributed by atoms with van der Waals surface area (Å²) in [6, 6.07) is -0.167. The smallest absolute Gasteiger partial charge is 0.325 e. The summed E-state index contributed by atoms with van der Waals surface area (Å²) < 4.78 is 0. The second kappa shape index (κ2) is 5.42. The SMILES string of the molecule is CC1CCC(NC(=O)CCN2C(=O)NC(C)(C)C2=O)C1. The van der Waals surface area contributed by atoms with E-state index in [1.165, 1.54) is 0 Å². The van der Waals surface area contributed by atoms with Crippen molar-refractivity contribution < 1.29 is 14.4 Å². The van der Waals surface area contributed by atoms with Crippen LogP contribution < -0.4 is 10.6 Å². The van der Waals surface area contributed by atoms with Crippen molar-refractivity contribution >= 4 is 17.8 Å². The number of nitrogens with zero attached hydrogens (tertiary/aromatic N) is 1. The van der Waals surface area contributed by atoms with E-state index in [9.17, 15) is 14.4 Å². The van der Waals surface area contributed by atoms with Crippen LogP contribution in [0, 0.1) is 5.92 Å². The number of hydrogen-bond acceptors (Lipinski definition) is 3. The van der Waals surface area contributed by atoms with Gasteiger partial charge < -0.3 is 10.6 Å². The molecule has 2 fully saturated rings. The van der Waals surface area contributed by atoms with Crippen LogP contribution in [0.5, 0.6) is 0 Å². The van der Waals surface area contributed by atoms with Gasteiger partial charge in [0.15, 0.2) is 0 Å². The fourth-order valence-electron chi connectivity index (χ4n) is 2.87. The Morgan fingerprint density at radius 1 is 1.40 bits per heavy atom. The van der Waals surface area contributed by atoms with Crippen molar-refractivity contribution in [2.45, 2.75) is 58.0 Å². The fourth-order valence-corrected chi connectivity index (χ4v) is 2.87. The molecule has 20 heavy (non-hydrogen) atoms. The van der Waals surface area contributed by atoms with Crippen LogP contribution in [0.4, 0.5) is 4.79 Å². The van der Waals surface area contributed by atoms with Crippen molar-refractivity contribution in [1.82, 2.24) is 15.5 Å². The molecule has 6 heteroatoms. The minimum Gasteiger partial charge on any atom is -0.353 e. The van der Waals surface area contributed by atoms with Crippen molar-refractivity contribution in [3.8, 4) is 0 Å². The summed E-state index contributed by atoms with van der Waals surface area (Å²) in [4.78, 5) is 36.6. The summed E-state index contributed by atoms with van der Waals surface area (Å²) in [7, 11) is 0. The van der Waals surface area contributed by atoms with Gasteiger partial charge in [-0.1, -0.05) is 6.92 Å². The van der Waals surface area contributed by atoms with Gasteiger partial charge in [-0.3, -0.25) is 14.5 Å². The normalized spacial score (nSPS) is 28.6. The second-order valence-corrected chi connectivity index (χ2v) is 6.44. The molecule has 1 saturated carbocycles. The van der Waals surface area contributed by atoms with Crippen molar-refractivity contribution in [2.75, 3.05) is 6.54 Å². The van der Waals surface area contributed by atoms with Gasteiger partial charge in [0.2, 0.25) is 5.91 Å². The van der Waals surface area contributed by atoms with Crippen LogP contribution in [0.1, 0.15) is 46.5 Å². The first-order chi connectivity index (χ1) is 9.29. The van der Waals surface area contributed by atoms with Crippen LogP contribution >= 0.6 is 0 Å². The van der Waals surface area contributed by atoms with Gasteiger partial charge in [-0.25, -0.2) is 4.79 Å². The predicted octanol–water partition coefficient (Wildman–Crippen LogP) is 1.01. The topological polar surface area (TPSA) is 78.5 Å². The number of carbonyl (C=O) groups excluding carboxylic acids is 3. The Labute approximate surface area is 119 Å². The maximum absolute atomic E-state index is 11.9. The zero-order valence-electron chi connectivity index (χ0n) is 12.4. The molecule has 0 aromatic carbocycles. The summed E-state index contributed by atoms with van der Waals surface area (Å²) >= 11 is 0. The third-order valence-electron chi connectivity index (χ3n) is 4.07. The number of nitrogens with one attached hydrogen (secondary N) is 2. The van der Waals surface area contributed by atoms with Gasteiger partial charge in [-0.15, -0.1) is 0 Å². The lowest BCUT2D eigenvalue weighted by Gasteiger charge is -2.17. The first kappa shape index (κ1) is 14.8. The second-order valence-electron chi connectivity index (χ2n) is 6.44. The Hall–Kier alpha value is -1.59. The number of rotatable bonds is 4. The molecule has 0 aromatic heterocycles. The highest BCUT2D eigenvalue weighted by atomic mass is 16.2. The molecule has 0 spiro atoms. The van der Waals surface area contributed by atoms with Crippen LogP contribution in [0.15, 0.2) is 0 Å². The minimum absolute atomic E-state index is 0.0885. The van der Waals surface area contributed by atoms with E-state index in [2.05, 4.69) is 17.6 Å². The van der Waals surface area contributed by atoms with Gasteiger partial charge >= 0.3 is 6.03 Å². The van der Waals surface area contributed by atoms with Crippen LogP contribution in [0.2, 0.25) is 0 Å². The van der Waals surface area contributed by atoms with E-state index in [4.69, 9.17) is 0 Å². The standard InChI is InChI=1S/C14H23N3O3/c1-9-4-5-10(8-9)15-11(18)6-7-17-12(19)14(2,3)16-13(17)20/h9-10H,4-8H2,1-3H3,(H,15,18)(H,16,20). The van der Waals surface area contributed by atoms with E-state index in [1.54, 1.807) is 13.8 Å². The molecule has 1 saturated heterocycles. The number of imide groups is 1. The van der Waals surface area contributed by atoms with Gasteiger partial charge in [0.25, 0.3) is 5.91 Å². The molecule has 1 aliphatic carbocycles. The largest absolute Gasteiger partial charge is 0.353 e. The molecule has 112 valence electrons. The van der Waals surface area contributed by atoms with Gasteiger partial charge in [0.05, 0.1) is 0 Å². The quantitative estimate of drug-likeness (QED) is 0.755. The predicted molar refractivity (Wildman–Crippen MR) is 73.9 cm³/mol. The van der Waals surface area contributed by atoms with Gasteiger partial charge in [0, 0.05) is 19.0 Å². The molecule has 0 bridgehead atoms. The van der Waals surface area contributed by atoms with Gasteiger partial charge in [0.1, 0.15) is 5.54 Å². The van der Waals surface area contributed by atoms with Crippen LogP contribution in [-0.4, -0.2) is 40.9 Å². The number of carbonyl (C=O) groups is 3. The van der Waals surface area contributed by atoms with E-state index in [0.29, 0.717) is 5.92 Å². The fraction of sp³-hybridized carbons (Fsp3) is 0.786. The number of urea groups is 1. The third kappa shape index (κ3) is 3.11. The Bertz CT molecular complexity index is 433. The lowest BCUT2D eigenvalue weighted by Crippen LogP contribution is -2.41. The number of amides is 4. The molecule has 2 unspecified atom stereocenters. The van der Waals surface area contributed by atoms with Crippen LogP contribution in [-0.2, 0) is 9.59 Å². The van der Waals surface area contributed by atoms with E-state index in [1.807, 2.05) is 0 Å². The molecule has 2 N–H and O–H groups in total. The Balaban J connectivity index is 1.79. The third-order valence-corrected chi connectivity index (χ3v) is 4.07. The molecule has 2 atom stereocenters. The van der Waals surface area contributed by atoms with Gasteiger partial charge in [-0.05, 0) is 39.0 Å². The molecule has 0 aromatic rings. The summed E-state index contributed by atoms with van der Waals surface area (Å²) in [5.74, 6) is 0.297. The first-order valence-electron chi connectivity index (χ1n) is 7.23. The average Bonchev–Trinajstić information content (AvgIpc) is 2.81. The van der Waals surface area contributed by atoms with Crippen molar-refractivity contribution in [2.24, 2.45) is 5.92 Å². The molecule has 6 nitrogen and oxygen atoms in total. The Kier molecular flexibility index (Phi) is 4.01. The zero-order chi connectivity index (χ0) is 14.9. The summed E-state index contributed by atoms with van der Waals surface area (Å²) in [6.45, 7) is 5.64. The lowest BCUT2D eigenvalue weighted by atomic mass is 10.1. The van der Waals surface area contributed by atoms with E-state index < -0.39 is 11.6 Å². The first-order valence-corrected chi connectivity index (χ1v) is 7.23. The van der Waals surface area contributed by atoms with Gasteiger partial charge in [-0.2, -0.15) is 0 Å².